The van der Waals surface area contributed by atoms with E-state index in [2.05, 4.69) is 0 Å². The number of hydrogen-bond acceptors (Lipinski definition) is 5. The van der Waals surface area contributed by atoms with Crippen molar-refractivity contribution in [2.45, 2.75) is 17.4 Å². The molecule has 1 aromatic carbocycles. The molecule has 1 aromatic rings. The van der Waals surface area contributed by atoms with Crippen molar-refractivity contribution in [3.8, 4) is 6.07 Å². The quantitative estimate of drug-likeness (QED) is 0.776. The molecule has 0 aliphatic rings. The molecule has 1 rings (SSSR count). The van der Waals surface area contributed by atoms with Gasteiger partial charge in [-0.3, -0.25) is 4.79 Å². The van der Waals surface area contributed by atoms with Gasteiger partial charge in [0.05, 0.1) is 10.5 Å². The highest BCUT2D eigenvalue weighted by molar-refractivity contribution is 7.98. The van der Waals surface area contributed by atoms with E-state index in [9.17, 15) is 17.6 Å². The number of thioether (sulfide) groups is 1. The number of nitrogens with zero attached hydrogens (tertiary/aromatic N) is 1. The first-order valence-electron chi connectivity index (χ1n) is 5.75. The molecule has 0 amide bonds. The SMILES string of the molecule is CSCCC(NS(=O)(=O)c1ccc(F)c(C#N)c1)C(=O)O. The molecule has 0 spiro atoms. The van der Waals surface area contributed by atoms with Gasteiger partial charge in [0.15, 0.2) is 0 Å². The van der Waals surface area contributed by atoms with Gasteiger partial charge in [0.2, 0.25) is 10.0 Å². The maximum atomic E-state index is 13.2. The average Bonchev–Trinajstić information content (AvgIpc) is 2.43. The molecule has 0 aliphatic carbocycles. The summed E-state index contributed by atoms with van der Waals surface area (Å²) in [5, 5.41) is 17.7. The van der Waals surface area contributed by atoms with Gasteiger partial charge in [0.1, 0.15) is 17.9 Å². The number of carbonyl (C=O) groups is 1. The number of carboxylic acids is 1. The van der Waals surface area contributed by atoms with Crippen LogP contribution in [0.25, 0.3) is 0 Å². The lowest BCUT2D eigenvalue weighted by atomic mass is 10.2. The average molecular weight is 332 g/mol. The number of hydrogen-bond donors (Lipinski definition) is 2. The van der Waals surface area contributed by atoms with Gasteiger partial charge in [0.25, 0.3) is 0 Å². The maximum Gasteiger partial charge on any atom is 0.321 e. The van der Waals surface area contributed by atoms with Gasteiger partial charge in [-0.15, -0.1) is 0 Å². The van der Waals surface area contributed by atoms with E-state index in [0.29, 0.717) is 5.75 Å². The highest BCUT2D eigenvalue weighted by Gasteiger charge is 2.25. The number of rotatable bonds is 7. The van der Waals surface area contributed by atoms with Crippen LogP contribution in [-0.2, 0) is 14.8 Å². The Morgan fingerprint density at radius 3 is 2.76 bits per heavy atom. The Balaban J connectivity index is 3.05. The second kappa shape index (κ2) is 7.40. The molecule has 0 radical (unpaired) electrons. The molecule has 0 heterocycles. The van der Waals surface area contributed by atoms with Crippen LogP contribution in [0.15, 0.2) is 23.1 Å². The normalized spacial score (nSPS) is 12.6. The molecule has 0 saturated carbocycles. The van der Waals surface area contributed by atoms with Gasteiger partial charge in [0, 0.05) is 0 Å². The van der Waals surface area contributed by atoms with Gasteiger partial charge >= 0.3 is 5.97 Å². The number of halogens is 1. The summed E-state index contributed by atoms with van der Waals surface area (Å²) in [4.78, 5) is 10.7. The Bertz CT molecular complexity index is 670. The number of aliphatic carboxylic acids is 1. The van der Waals surface area contributed by atoms with Crippen LogP contribution in [0.4, 0.5) is 4.39 Å². The molecule has 114 valence electrons. The van der Waals surface area contributed by atoms with Crippen LogP contribution in [0.1, 0.15) is 12.0 Å². The van der Waals surface area contributed by atoms with E-state index in [0.717, 1.165) is 18.2 Å². The van der Waals surface area contributed by atoms with Crippen molar-refractivity contribution in [3.63, 3.8) is 0 Å². The van der Waals surface area contributed by atoms with E-state index in [4.69, 9.17) is 10.4 Å². The molecule has 2 N–H and O–H groups in total. The molecule has 0 bridgehead atoms. The predicted octanol–water partition coefficient (Wildman–Crippen LogP) is 1.18. The number of nitrogens with one attached hydrogen (secondary N) is 1. The highest BCUT2D eigenvalue weighted by atomic mass is 32.2. The fraction of sp³-hybridized carbons (Fsp3) is 0.333. The second-order valence-electron chi connectivity index (χ2n) is 4.05. The van der Waals surface area contributed by atoms with Crippen molar-refractivity contribution in [1.29, 1.82) is 5.26 Å². The molecule has 1 atom stereocenters. The largest absolute Gasteiger partial charge is 0.480 e. The number of benzene rings is 1. The molecule has 0 aromatic heterocycles. The van der Waals surface area contributed by atoms with Gasteiger partial charge < -0.3 is 5.11 Å². The van der Waals surface area contributed by atoms with Crippen LogP contribution in [-0.4, -0.2) is 37.5 Å². The zero-order valence-corrected chi connectivity index (χ0v) is 12.7. The summed E-state index contributed by atoms with van der Waals surface area (Å²) < 4.78 is 39.4. The van der Waals surface area contributed by atoms with Crippen molar-refractivity contribution < 1.29 is 22.7 Å². The Morgan fingerprint density at radius 2 is 2.24 bits per heavy atom. The van der Waals surface area contributed by atoms with E-state index in [1.165, 1.54) is 17.8 Å². The number of nitriles is 1. The number of sulfonamides is 1. The van der Waals surface area contributed by atoms with Gasteiger partial charge in [-0.05, 0) is 36.6 Å². The Labute approximate surface area is 126 Å². The third kappa shape index (κ3) is 4.70. The zero-order valence-electron chi connectivity index (χ0n) is 11.0. The summed E-state index contributed by atoms with van der Waals surface area (Å²) in [5.41, 5.74) is -0.422. The van der Waals surface area contributed by atoms with Crippen LogP contribution in [0.3, 0.4) is 0 Å². The second-order valence-corrected chi connectivity index (χ2v) is 6.75. The van der Waals surface area contributed by atoms with Crippen molar-refractivity contribution in [2.75, 3.05) is 12.0 Å². The minimum atomic E-state index is -4.14. The van der Waals surface area contributed by atoms with Crippen LogP contribution in [0.2, 0.25) is 0 Å². The molecule has 0 fully saturated rings. The molecule has 0 saturated heterocycles. The van der Waals surface area contributed by atoms with Crippen LogP contribution in [0, 0.1) is 17.1 Å². The highest BCUT2D eigenvalue weighted by Crippen LogP contribution is 2.15. The molecule has 9 heteroatoms. The minimum absolute atomic E-state index is 0.113. The van der Waals surface area contributed by atoms with Gasteiger partial charge in [-0.25, -0.2) is 12.8 Å². The van der Waals surface area contributed by atoms with Crippen molar-refractivity contribution in [2.24, 2.45) is 0 Å². The lowest BCUT2D eigenvalue weighted by molar-refractivity contribution is -0.139. The van der Waals surface area contributed by atoms with E-state index in [-0.39, 0.29) is 11.3 Å². The third-order valence-electron chi connectivity index (χ3n) is 2.57. The maximum absolute atomic E-state index is 13.2. The lowest BCUT2D eigenvalue weighted by Gasteiger charge is -2.14. The van der Waals surface area contributed by atoms with E-state index in [1.54, 1.807) is 6.26 Å². The standard InChI is InChI=1S/C12H13FN2O4S2/c1-20-5-4-11(12(16)17)15-21(18,19)9-2-3-10(13)8(6-9)7-14/h2-3,6,11,15H,4-5H2,1H3,(H,16,17). The summed E-state index contributed by atoms with van der Waals surface area (Å²) in [6.45, 7) is 0. The number of carboxylic acid groups (broad SMARTS) is 1. The van der Waals surface area contributed by atoms with Crippen LogP contribution >= 0.6 is 11.8 Å². The predicted molar refractivity (Wildman–Crippen MR) is 75.9 cm³/mol. The summed E-state index contributed by atoms with van der Waals surface area (Å²) in [5.74, 6) is -1.67. The fourth-order valence-corrected chi connectivity index (χ4v) is 3.20. The topological polar surface area (TPSA) is 107 Å². The van der Waals surface area contributed by atoms with Gasteiger partial charge in [-0.2, -0.15) is 21.7 Å². The van der Waals surface area contributed by atoms with E-state index in [1.807, 2.05) is 4.72 Å². The Kier molecular flexibility index (Phi) is 6.14. The summed E-state index contributed by atoms with van der Waals surface area (Å²) in [6, 6.07) is 2.95. The van der Waals surface area contributed by atoms with E-state index >= 15 is 0 Å². The fourth-order valence-electron chi connectivity index (χ4n) is 1.48. The van der Waals surface area contributed by atoms with Crippen molar-refractivity contribution >= 4 is 27.8 Å². The van der Waals surface area contributed by atoms with Gasteiger partial charge in [-0.1, -0.05) is 0 Å². The zero-order chi connectivity index (χ0) is 16.0. The first kappa shape index (κ1) is 17.4. The summed E-state index contributed by atoms with van der Waals surface area (Å²) in [7, 11) is -4.14. The Morgan fingerprint density at radius 1 is 1.57 bits per heavy atom. The summed E-state index contributed by atoms with van der Waals surface area (Å²) >= 11 is 1.39. The molecule has 1 unspecified atom stereocenters. The smallest absolute Gasteiger partial charge is 0.321 e. The molecule has 0 aliphatic heterocycles. The third-order valence-corrected chi connectivity index (χ3v) is 4.69. The van der Waals surface area contributed by atoms with E-state index < -0.39 is 33.4 Å². The Hall–Kier alpha value is -1.63. The lowest BCUT2D eigenvalue weighted by Crippen LogP contribution is -2.41. The molecular formula is C12H13FN2O4S2. The van der Waals surface area contributed by atoms with Crippen molar-refractivity contribution in [3.05, 3.63) is 29.6 Å². The first-order valence-corrected chi connectivity index (χ1v) is 8.63. The summed E-state index contributed by atoms with van der Waals surface area (Å²) in [6.07, 6.45) is 1.88. The molecular weight excluding hydrogens is 319 g/mol. The first-order chi connectivity index (χ1) is 9.81. The van der Waals surface area contributed by atoms with Crippen molar-refractivity contribution in [1.82, 2.24) is 4.72 Å². The van der Waals surface area contributed by atoms with Crippen LogP contribution < -0.4 is 4.72 Å². The molecule has 6 nitrogen and oxygen atoms in total. The van der Waals surface area contributed by atoms with Crippen LogP contribution in [0.5, 0.6) is 0 Å². The molecule has 21 heavy (non-hydrogen) atoms. The monoisotopic (exact) mass is 332 g/mol. The minimum Gasteiger partial charge on any atom is -0.480 e.